The van der Waals surface area contributed by atoms with Crippen molar-refractivity contribution in [1.29, 1.82) is 0 Å². The molecule has 5 rings (SSSR count). The number of benzene rings is 2. The van der Waals surface area contributed by atoms with E-state index >= 15 is 0 Å². The number of carbonyl (C=O) groups is 3. The average molecular weight is 541 g/mol. The number of fused-ring (bicyclic) bond motifs is 1. The minimum Gasteiger partial charge on any atom is -0.449 e. The average Bonchev–Trinajstić information content (AvgIpc) is 3.59. The lowest BCUT2D eigenvalue weighted by molar-refractivity contribution is -0.887. The first-order chi connectivity index (χ1) is 18.3. The highest BCUT2D eigenvalue weighted by Crippen LogP contribution is 2.45. The second kappa shape index (κ2) is 11.0. The van der Waals surface area contributed by atoms with Crippen LogP contribution >= 0.6 is 11.6 Å². The molecule has 1 N–H and O–H groups in total. The summed E-state index contributed by atoms with van der Waals surface area (Å²) in [4.78, 5) is 42.5. The maximum Gasteiger partial charge on any atom is 0.511 e. The Labute approximate surface area is 228 Å². The van der Waals surface area contributed by atoms with Gasteiger partial charge in [-0.2, -0.15) is 0 Å². The molecule has 2 aromatic rings. The summed E-state index contributed by atoms with van der Waals surface area (Å²) in [5, 5.41) is 9.57. The largest absolute Gasteiger partial charge is 0.511 e. The van der Waals surface area contributed by atoms with Crippen molar-refractivity contribution < 1.29 is 28.7 Å². The molecule has 2 amide bonds. The molecule has 0 spiro atoms. The van der Waals surface area contributed by atoms with E-state index in [1.807, 2.05) is 30.1 Å². The molecule has 3 aliphatic rings. The second-order valence-corrected chi connectivity index (χ2v) is 11.2. The summed E-state index contributed by atoms with van der Waals surface area (Å²) in [6.45, 7) is 3.62. The van der Waals surface area contributed by atoms with Crippen LogP contribution in [-0.2, 0) is 11.2 Å². The van der Waals surface area contributed by atoms with Crippen molar-refractivity contribution in [3.8, 4) is 5.75 Å². The Kier molecular flexibility index (Phi) is 7.75. The third-order valence-electron chi connectivity index (χ3n) is 8.69. The number of ether oxygens (including phenoxy) is 1. The van der Waals surface area contributed by atoms with Gasteiger partial charge in [0, 0.05) is 51.0 Å². The van der Waals surface area contributed by atoms with Crippen LogP contribution in [0.1, 0.15) is 59.6 Å². The van der Waals surface area contributed by atoms with Crippen LogP contribution in [0.4, 0.5) is 4.79 Å². The van der Waals surface area contributed by atoms with Gasteiger partial charge in [0.05, 0.1) is 30.2 Å². The molecule has 8 nitrogen and oxygen atoms in total. The van der Waals surface area contributed by atoms with Gasteiger partial charge in [0.15, 0.2) is 0 Å². The number of carbonyl (C=O) groups excluding carboxylic acids is 2. The van der Waals surface area contributed by atoms with Crippen molar-refractivity contribution in [2.75, 3.05) is 39.8 Å². The maximum atomic E-state index is 14.4. The summed E-state index contributed by atoms with van der Waals surface area (Å²) in [5.41, 5.74) is 2.56. The predicted octanol–water partition coefficient (Wildman–Crippen LogP) is 4.76. The number of aryl methyl sites for hydroxylation is 1. The number of halogens is 1. The second-order valence-electron chi connectivity index (χ2n) is 10.8. The molecule has 1 aliphatic carbocycles. The van der Waals surface area contributed by atoms with Crippen LogP contribution in [0.25, 0.3) is 0 Å². The van der Waals surface area contributed by atoms with Crippen LogP contribution in [0, 0.1) is 0 Å². The molecule has 0 radical (unpaired) electrons. The molecule has 2 fully saturated rings. The first kappa shape index (κ1) is 26.7. The molecule has 9 heteroatoms. The number of amides is 2. The molecule has 2 heterocycles. The SMILES string of the molecule is C[N+](C(=O)c1ccccc1Cl)(C1CCN(CC(=O)N2CCCC2)CC1)[C@@H]1CCc2ccc(OC(=O)O)cc21. The quantitative estimate of drug-likeness (QED) is 0.323. The van der Waals surface area contributed by atoms with Crippen LogP contribution in [0.5, 0.6) is 5.75 Å². The van der Waals surface area contributed by atoms with Gasteiger partial charge in [0.2, 0.25) is 5.91 Å². The molecule has 38 heavy (non-hydrogen) atoms. The van der Waals surface area contributed by atoms with E-state index in [9.17, 15) is 14.4 Å². The van der Waals surface area contributed by atoms with Gasteiger partial charge >= 0.3 is 12.1 Å². The number of carboxylic acid groups (broad SMARTS) is 1. The van der Waals surface area contributed by atoms with Crippen molar-refractivity contribution in [3.63, 3.8) is 0 Å². The van der Waals surface area contributed by atoms with Crippen molar-refractivity contribution in [2.24, 2.45) is 0 Å². The molecule has 202 valence electrons. The highest BCUT2D eigenvalue weighted by molar-refractivity contribution is 6.33. The summed E-state index contributed by atoms with van der Waals surface area (Å²) in [7, 11) is 2.01. The lowest BCUT2D eigenvalue weighted by Crippen LogP contribution is -2.61. The summed E-state index contributed by atoms with van der Waals surface area (Å²) < 4.78 is 5.12. The monoisotopic (exact) mass is 540 g/mol. The highest BCUT2D eigenvalue weighted by Gasteiger charge is 2.51. The van der Waals surface area contributed by atoms with Crippen LogP contribution in [0.3, 0.4) is 0 Å². The van der Waals surface area contributed by atoms with Gasteiger partial charge in [-0.1, -0.05) is 29.8 Å². The van der Waals surface area contributed by atoms with Crippen LogP contribution in [0.2, 0.25) is 5.02 Å². The zero-order valence-electron chi connectivity index (χ0n) is 21.8. The topological polar surface area (TPSA) is 87.2 Å². The Balaban J connectivity index is 1.43. The third kappa shape index (κ3) is 5.17. The highest BCUT2D eigenvalue weighted by atomic mass is 35.5. The molecule has 2 atom stereocenters. The number of likely N-dealkylation sites (tertiary alicyclic amines) is 2. The van der Waals surface area contributed by atoms with Crippen LogP contribution in [0.15, 0.2) is 42.5 Å². The van der Waals surface area contributed by atoms with E-state index in [0.29, 0.717) is 17.1 Å². The number of rotatable bonds is 6. The Morgan fingerprint density at radius 1 is 1.03 bits per heavy atom. The lowest BCUT2D eigenvalue weighted by Gasteiger charge is -2.47. The molecule has 2 aliphatic heterocycles. The van der Waals surface area contributed by atoms with E-state index in [4.69, 9.17) is 21.4 Å². The Morgan fingerprint density at radius 3 is 2.42 bits per heavy atom. The van der Waals surface area contributed by atoms with Gasteiger partial charge in [-0.25, -0.2) is 14.1 Å². The van der Waals surface area contributed by atoms with E-state index in [1.165, 1.54) is 0 Å². The predicted molar refractivity (Wildman–Crippen MR) is 143 cm³/mol. The Hall–Kier alpha value is -2.94. The number of piperidine rings is 1. The van der Waals surface area contributed by atoms with E-state index in [1.54, 1.807) is 24.3 Å². The number of hydrogen-bond donors (Lipinski definition) is 1. The molecule has 0 saturated carbocycles. The summed E-state index contributed by atoms with van der Waals surface area (Å²) in [6.07, 6.45) is 3.92. The molecular weight excluding hydrogens is 506 g/mol. The van der Waals surface area contributed by atoms with E-state index in [-0.39, 0.29) is 34.1 Å². The minimum atomic E-state index is -1.36. The van der Waals surface area contributed by atoms with Crippen molar-refractivity contribution in [1.82, 2.24) is 9.80 Å². The molecule has 0 aromatic heterocycles. The Morgan fingerprint density at radius 2 is 1.74 bits per heavy atom. The summed E-state index contributed by atoms with van der Waals surface area (Å²) in [5.74, 6) is 0.417. The summed E-state index contributed by atoms with van der Waals surface area (Å²) >= 11 is 6.53. The summed E-state index contributed by atoms with van der Waals surface area (Å²) in [6, 6.07) is 12.4. The Bertz CT molecular complexity index is 1220. The fraction of sp³-hybridized carbons (Fsp3) is 0.483. The van der Waals surface area contributed by atoms with Gasteiger partial charge in [-0.3, -0.25) is 9.69 Å². The molecule has 1 unspecified atom stereocenters. The van der Waals surface area contributed by atoms with Gasteiger partial charge in [-0.15, -0.1) is 0 Å². The van der Waals surface area contributed by atoms with Crippen LogP contribution < -0.4 is 4.74 Å². The number of quaternary nitrogens is 1. The molecule has 2 aromatic carbocycles. The first-order valence-electron chi connectivity index (χ1n) is 13.5. The van der Waals surface area contributed by atoms with E-state index in [2.05, 4.69) is 4.90 Å². The van der Waals surface area contributed by atoms with Crippen molar-refractivity contribution in [2.45, 2.75) is 50.6 Å². The number of nitrogens with zero attached hydrogens (tertiary/aromatic N) is 3. The van der Waals surface area contributed by atoms with Gasteiger partial charge < -0.3 is 14.7 Å². The first-order valence-corrected chi connectivity index (χ1v) is 13.8. The lowest BCUT2D eigenvalue weighted by atomic mass is 9.93. The van der Waals surface area contributed by atoms with E-state index in [0.717, 1.165) is 75.8 Å². The molecule has 2 saturated heterocycles. The standard InChI is InChI=1S/C29H34ClN3O5/c1-33(28(35)23-6-2-3-7-25(23)30,26-11-9-20-8-10-22(18-24(20)26)38-29(36)37)21-12-16-31(17-13-21)19-27(34)32-14-4-5-15-32/h2-3,6-8,10,18,21,26H,4-5,9,11-17,19H2,1H3/p+1/t26-,33?/m1/s1. The number of hydrogen-bond acceptors (Lipinski definition) is 5. The van der Waals surface area contributed by atoms with E-state index < -0.39 is 6.16 Å². The third-order valence-corrected chi connectivity index (χ3v) is 9.02. The maximum absolute atomic E-state index is 14.4. The molecule has 0 bridgehead atoms. The zero-order valence-corrected chi connectivity index (χ0v) is 22.5. The van der Waals surface area contributed by atoms with Gasteiger partial charge in [-0.05, 0) is 49.1 Å². The van der Waals surface area contributed by atoms with Gasteiger partial charge in [0.1, 0.15) is 11.8 Å². The fourth-order valence-electron chi connectivity index (χ4n) is 6.61. The fourth-order valence-corrected chi connectivity index (χ4v) is 6.82. The van der Waals surface area contributed by atoms with Crippen LogP contribution in [-0.4, -0.2) is 83.2 Å². The van der Waals surface area contributed by atoms with Crippen molar-refractivity contribution >= 4 is 29.6 Å². The van der Waals surface area contributed by atoms with Crippen molar-refractivity contribution in [3.05, 3.63) is 64.2 Å². The zero-order chi connectivity index (χ0) is 26.9. The van der Waals surface area contributed by atoms with Gasteiger partial charge in [0.25, 0.3) is 0 Å². The smallest absolute Gasteiger partial charge is 0.449 e. The minimum absolute atomic E-state index is 0.0249. The normalized spacial score (nSPS) is 21.6. The molecular formula is C29H35ClN3O5+.